The standard InChI is InChI=1S/C19H20N4OS/c1-10-3-5-12-9-13(6-8-15(12)21-10)23-18(24)17-16(20)14-7-4-11(2)22-19(14)25-17/h3-5,7,13H,6,8-9,20H2,1-2H3,(H,23,24)/t13-/m0/s1. The number of aryl methyl sites for hydroxylation is 3. The molecule has 0 spiro atoms. The smallest absolute Gasteiger partial charge is 0.263 e. The van der Waals surface area contributed by atoms with Crippen molar-refractivity contribution in [2.45, 2.75) is 39.2 Å². The van der Waals surface area contributed by atoms with Gasteiger partial charge in [0.15, 0.2) is 0 Å². The summed E-state index contributed by atoms with van der Waals surface area (Å²) in [5.74, 6) is -0.105. The zero-order valence-electron chi connectivity index (χ0n) is 14.3. The van der Waals surface area contributed by atoms with Crippen molar-refractivity contribution < 1.29 is 4.79 Å². The molecule has 3 heterocycles. The molecule has 0 unspecified atom stereocenters. The van der Waals surface area contributed by atoms with Gasteiger partial charge < -0.3 is 11.1 Å². The normalized spacial score (nSPS) is 16.6. The lowest BCUT2D eigenvalue weighted by molar-refractivity contribution is 0.0938. The van der Waals surface area contributed by atoms with Gasteiger partial charge >= 0.3 is 0 Å². The molecule has 0 saturated carbocycles. The Labute approximate surface area is 150 Å². The maximum atomic E-state index is 12.7. The second kappa shape index (κ2) is 6.11. The average Bonchev–Trinajstić information content (AvgIpc) is 2.91. The summed E-state index contributed by atoms with van der Waals surface area (Å²) < 4.78 is 0. The summed E-state index contributed by atoms with van der Waals surface area (Å²) in [6, 6.07) is 8.12. The molecule has 25 heavy (non-hydrogen) atoms. The van der Waals surface area contributed by atoms with Gasteiger partial charge in [-0.15, -0.1) is 11.3 Å². The fourth-order valence-electron chi connectivity index (χ4n) is 3.35. The van der Waals surface area contributed by atoms with Crippen LogP contribution in [0, 0.1) is 13.8 Å². The van der Waals surface area contributed by atoms with Gasteiger partial charge in [-0.2, -0.15) is 0 Å². The topological polar surface area (TPSA) is 80.9 Å². The second-order valence-electron chi connectivity index (χ2n) is 6.62. The number of pyridine rings is 2. The van der Waals surface area contributed by atoms with Gasteiger partial charge in [0.2, 0.25) is 0 Å². The Morgan fingerprint density at radius 1 is 1.20 bits per heavy atom. The predicted molar refractivity (Wildman–Crippen MR) is 101 cm³/mol. The molecule has 6 heteroatoms. The van der Waals surface area contributed by atoms with Crippen LogP contribution >= 0.6 is 11.3 Å². The summed E-state index contributed by atoms with van der Waals surface area (Å²) in [5.41, 5.74) is 11.1. The Kier molecular flexibility index (Phi) is 3.92. The number of carbonyl (C=O) groups is 1. The maximum Gasteiger partial charge on any atom is 0.263 e. The highest BCUT2D eigenvalue weighted by atomic mass is 32.1. The highest BCUT2D eigenvalue weighted by Gasteiger charge is 2.24. The van der Waals surface area contributed by atoms with Crippen LogP contribution in [0.4, 0.5) is 5.69 Å². The van der Waals surface area contributed by atoms with Crippen LogP contribution in [0.1, 0.15) is 38.7 Å². The van der Waals surface area contributed by atoms with E-state index < -0.39 is 0 Å². The molecule has 0 fully saturated rings. The molecule has 0 saturated heterocycles. The van der Waals surface area contributed by atoms with Crippen LogP contribution in [0.25, 0.3) is 10.2 Å². The number of hydrogen-bond donors (Lipinski definition) is 2. The number of nitrogens with zero attached hydrogens (tertiary/aromatic N) is 2. The number of hydrogen-bond acceptors (Lipinski definition) is 5. The fraction of sp³-hybridized carbons (Fsp3) is 0.316. The molecule has 3 N–H and O–H groups in total. The minimum absolute atomic E-state index is 0.105. The van der Waals surface area contributed by atoms with E-state index in [1.165, 1.54) is 16.9 Å². The summed E-state index contributed by atoms with van der Waals surface area (Å²) >= 11 is 1.36. The third-order valence-corrected chi connectivity index (χ3v) is 5.79. The third kappa shape index (κ3) is 2.98. The first-order valence-electron chi connectivity index (χ1n) is 8.43. The molecular formula is C19H20N4OS. The van der Waals surface area contributed by atoms with Gasteiger partial charge in [-0.3, -0.25) is 9.78 Å². The number of thiophene rings is 1. The Morgan fingerprint density at radius 3 is 2.80 bits per heavy atom. The van der Waals surface area contributed by atoms with Crippen LogP contribution in [-0.4, -0.2) is 21.9 Å². The molecule has 1 atom stereocenters. The fourth-order valence-corrected chi connectivity index (χ4v) is 4.40. The van der Waals surface area contributed by atoms with E-state index in [1.54, 1.807) is 0 Å². The molecule has 1 amide bonds. The molecule has 5 nitrogen and oxygen atoms in total. The van der Waals surface area contributed by atoms with Crippen LogP contribution < -0.4 is 11.1 Å². The highest BCUT2D eigenvalue weighted by molar-refractivity contribution is 7.21. The summed E-state index contributed by atoms with van der Waals surface area (Å²) in [4.78, 5) is 23.2. The molecule has 4 rings (SSSR count). The number of carbonyl (C=O) groups excluding carboxylic acids is 1. The Balaban J connectivity index is 1.55. The molecule has 0 aliphatic heterocycles. The number of anilines is 1. The lowest BCUT2D eigenvalue weighted by Crippen LogP contribution is -2.39. The van der Waals surface area contributed by atoms with E-state index >= 15 is 0 Å². The maximum absolute atomic E-state index is 12.7. The summed E-state index contributed by atoms with van der Waals surface area (Å²) in [6.45, 7) is 3.94. The quantitative estimate of drug-likeness (QED) is 0.742. The predicted octanol–water partition coefficient (Wildman–Crippen LogP) is 3.18. The van der Waals surface area contributed by atoms with Gasteiger partial charge in [-0.05, 0) is 56.9 Å². The number of amides is 1. The molecular weight excluding hydrogens is 332 g/mol. The number of nitrogens with one attached hydrogen (secondary N) is 1. The molecule has 1 aliphatic carbocycles. The number of nitrogens with two attached hydrogens (primary N) is 1. The van der Waals surface area contributed by atoms with E-state index in [4.69, 9.17) is 5.73 Å². The van der Waals surface area contributed by atoms with E-state index in [0.717, 1.165) is 46.6 Å². The second-order valence-corrected chi connectivity index (χ2v) is 7.62. The number of fused-ring (bicyclic) bond motifs is 2. The summed E-state index contributed by atoms with van der Waals surface area (Å²) in [5, 5.41) is 4.00. The number of aromatic nitrogens is 2. The molecule has 3 aromatic heterocycles. The molecule has 0 radical (unpaired) electrons. The van der Waals surface area contributed by atoms with E-state index in [-0.39, 0.29) is 11.9 Å². The number of rotatable bonds is 2. The lowest BCUT2D eigenvalue weighted by Gasteiger charge is -2.25. The van der Waals surface area contributed by atoms with Crippen molar-refractivity contribution in [2.24, 2.45) is 0 Å². The van der Waals surface area contributed by atoms with Crippen molar-refractivity contribution in [1.82, 2.24) is 15.3 Å². The first kappa shape index (κ1) is 16.0. The zero-order valence-corrected chi connectivity index (χ0v) is 15.1. The van der Waals surface area contributed by atoms with Crippen LogP contribution in [0.2, 0.25) is 0 Å². The van der Waals surface area contributed by atoms with Gasteiger partial charge in [0.25, 0.3) is 5.91 Å². The van der Waals surface area contributed by atoms with E-state index in [2.05, 4.69) is 21.4 Å². The monoisotopic (exact) mass is 352 g/mol. The van der Waals surface area contributed by atoms with E-state index in [1.807, 2.05) is 32.0 Å². The Hall–Kier alpha value is -2.47. The van der Waals surface area contributed by atoms with Crippen molar-refractivity contribution in [3.63, 3.8) is 0 Å². The van der Waals surface area contributed by atoms with Crippen LogP contribution in [0.15, 0.2) is 24.3 Å². The SMILES string of the molecule is Cc1ccc2c(n1)CC[C@H](NC(=O)c1sc3nc(C)ccc3c1N)C2. The van der Waals surface area contributed by atoms with E-state index in [9.17, 15) is 4.79 Å². The minimum Gasteiger partial charge on any atom is -0.397 e. The van der Waals surface area contributed by atoms with Crippen molar-refractivity contribution in [3.05, 3.63) is 51.8 Å². The molecule has 1 aliphatic rings. The largest absolute Gasteiger partial charge is 0.397 e. The van der Waals surface area contributed by atoms with Crippen molar-refractivity contribution in [1.29, 1.82) is 0 Å². The first-order valence-corrected chi connectivity index (χ1v) is 9.25. The summed E-state index contributed by atoms with van der Waals surface area (Å²) in [6.07, 6.45) is 2.61. The molecule has 0 aromatic carbocycles. The highest BCUT2D eigenvalue weighted by Crippen LogP contribution is 2.32. The zero-order chi connectivity index (χ0) is 17.6. The lowest BCUT2D eigenvalue weighted by atomic mass is 9.91. The van der Waals surface area contributed by atoms with E-state index in [0.29, 0.717) is 10.6 Å². The van der Waals surface area contributed by atoms with Gasteiger partial charge in [0.1, 0.15) is 9.71 Å². The Morgan fingerprint density at radius 2 is 1.96 bits per heavy atom. The van der Waals surface area contributed by atoms with Crippen LogP contribution in [0.3, 0.4) is 0 Å². The van der Waals surface area contributed by atoms with Crippen molar-refractivity contribution >= 4 is 33.1 Å². The average molecular weight is 352 g/mol. The van der Waals surface area contributed by atoms with Crippen molar-refractivity contribution in [3.8, 4) is 0 Å². The van der Waals surface area contributed by atoms with Crippen molar-refractivity contribution in [2.75, 3.05) is 5.73 Å². The van der Waals surface area contributed by atoms with Crippen LogP contribution in [0.5, 0.6) is 0 Å². The number of nitrogen functional groups attached to an aromatic ring is 1. The van der Waals surface area contributed by atoms with Gasteiger partial charge in [0.05, 0.1) is 5.69 Å². The third-order valence-electron chi connectivity index (χ3n) is 4.68. The minimum atomic E-state index is -0.105. The molecule has 3 aromatic rings. The Bertz CT molecular complexity index is 979. The van der Waals surface area contributed by atoms with Gasteiger partial charge in [-0.25, -0.2) is 4.98 Å². The molecule has 128 valence electrons. The van der Waals surface area contributed by atoms with Gasteiger partial charge in [-0.1, -0.05) is 6.07 Å². The molecule has 0 bridgehead atoms. The summed E-state index contributed by atoms with van der Waals surface area (Å²) in [7, 11) is 0. The first-order chi connectivity index (χ1) is 12.0. The van der Waals surface area contributed by atoms with Gasteiger partial charge in [0, 0.05) is 28.5 Å². The van der Waals surface area contributed by atoms with Crippen LogP contribution in [-0.2, 0) is 12.8 Å².